The van der Waals surface area contributed by atoms with E-state index in [1.54, 1.807) is 11.9 Å². The fourth-order valence-corrected chi connectivity index (χ4v) is 2.71. The SMILES string of the molecule is CC1CC(C(F)(F)F)=NN1C1CCN(CCC#N)C1. The summed E-state index contributed by atoms with van der Waals surface area (Å²) in [6.07, 6.45) is -3.08. The smallest absolute Gasteiger partial charge is 0.300 e. The van der Waals surface area contributed by atoms with Crippen LogP contribution in [0.15, 0.2) is 5.10 Å². The number of rotatable bonds is 3. The number of hydrogen-bond acceptors (Lipinski definition) is 4. The first kappa shape index (κ1) is 14.1. The van der Waals surface area contributed by atoms with Crippen LogP contribution < -0.4 is 0 Å². The molecule has 2 aliphatic heterocycles. The number of hydrazone groups is 1. The second kappa shape index (κ2) is 5.37. The third-order valence-electron chi connectivity index (χ3n) is 3.67. The van der Waals surface area contributed by atoms with Crippen molar-refractivity contribution < 1.29 is 13.2 Å². The number of alkyl halides is 3. The van der Waals surface area contributed by atoms with Gasteiger partial charge in [0.25, 0.3) is 0 Å². The normalized spacial score (nSPS) is 28.6. The van der Waals surface area contributed by atoms with Crippen molar-refractivity contribution >= 4 is 5.71 Å². The van der Waals surface area contributed by atoms with Gasteiger partial charge in [0.2, 0.25) is 0 Å². The van der Waals surface area contributed by atoms with Gasteiger partial charge in [-0.25, -0.2) is 0 Å². The summed E-state index contributed by atoms with van der Waals surface area (Å²) in [7, 11) is 0. The van der Waals surface area contributed by atoms with Gasteiger partial charge in [-0.1, -0.05) is 0 Å². The van der Waals surface area contributed by atoms with Crippen molar-refractivity contribution in [3.8, 4) is 6.07 Å². The summed E-state index contributed by atoms with van der Waals surface area (Å²) in [5.41, 5.74) is -0.671. The summed E-state index contributed by atoms with van der Waals surface area (Å²) in [6.45, 7) is 3.98. The lowest BCUT2D eigenvalue weighted by Gasteiger charge is -2.27. The van der Waals surface area contributed by atoms with Gasteiger partial charge in [-0.15, -0.1) is 0 Å². The van der Waals surface area contributed by atoms with Gasteiger partial charge in [0.15, 0.2) is 0 Å². The van der Waals surface area contributed by atoms with Crippen LogP contribution in [0.5, 0.6) is 0 Å². The third-order valence-corrected chi connectivity index (χ3v) is 3.67. The fraction of sp³-hybridized carbons (Fsp3) is 0.833. The molecule has 0 spiro atoms. The first-order valence-corrected chi connectivity index (χ1v) is 6.44. The minimum Gasteiger partial charge on any atom is -0.300 e. The van der Waals surface area contributed by atoms with Crippen LogP contribution in [0.1, 0.15) is 26.2 Å². The lowest BCUT2D eigenvalue weighted by molar-refractivity contribution is -0.0601. The molecule has 0 bridgehead atoms. The van der Waals surface area contributed by atoms with Crippen molar-refractivity contribution in [2.75, 3.05) is 19.6 Å². The highest BCUT2D eigenvalue weighted by atomic mass is 19.4. The van der Waals surface area contributed by atoms with Gasteiger partial charge in [0.05, 0.1) is 18.2 Å². The highest BCUT2D eigenvalue weighted by Crippen LogP contribution is 2.30. The summed E-state index contributed by atoms with van der Waals surface area (Å²) in [4.78, 5) is 2.11. The minimum absolute atomic E-state index is 0.0296. The Kier molecular flexibility index (Phi) is 3.99. The first-order valence-electron chi connectivity index (χ1n) is 6.44. The van der Waals surface area contributed by atoms with Crippen LogP contribution in [0.3, 0.4) is 0 Å². The molecule has 1 saturated heterocycles. The molecule has 0 aliphatic carbocycles. The van der Waals surface area contributed by atoms with Gasteiger partial charge >= 0.3 is 6.18 Å². The van der Waals surface area contributed by atoms with Crippen LogP contribution in [0.25, 0.3) is 0 Å². The molecule has 0 aromatic carbocycles. The van der Waals surface area contributed by atoms with Crippen LogP contribution in [-0.4, -0.2) is 53.5 Å². The highest BCUT2D eigenvalue weighted by Gasteiger charge is 2.43. The molecule has 4 nitrogen and oxygen atoms in total. The predicted molar refractivity (Wildman–Crippen MR) is 64.5 cm³/mol. The summed E-state index contributed by atoms with van der Waals surface area (Å²) < 4.78 is 37.9. The monoisotopic (exact) mass is 274 g/mol. The van der Waals surface area contributed by atoms with Gasteiger partial charge in [-0.2, -0.15) is 23.5 Å². The molecule has 2 atom stereocenters. The third kappa shape index (κ3) is 3.18. The average Bonchev–Trinajstić information content (AvgIpc) is 2.91. The maximum Gasteiger partial charge on any atom is 0.431 e. The number of halogens is 3. The Morgan fingerprint density at radius 2 is 2.21 bits per heavy atom. The van der Waals surface area contributed by atoms with Crippen LogP contribution in [0, 0.1) is 11.3 Å². The second-order valence-corrected chi connectivity index (χ2v) is 5.13. The van der Waals surface area contributed by atoms with E-state index in [0.717, 1.165) is 13.0 Å². The second-order valence-electron chi connectivity index (χ2n) is 5.13. The Morgan fingerprint density at radius 3 is 2.79 bits per heavy atom. The Labute approximate surface area is 110 Å². The molecular weight excluding hydrogens is 257 g/mol. The zero-order chi connectivity index (χ0) is 14.0. The molecule has 106 valence electrons. The molecule has 2 rings (SSSR count). The van der Waals surface area contributed by atoms with Crippen molar-refractivity contribution in [1.29, 1.82) is 5.26 Å². The van der Waals surface area contributed by atoms with Gasteiger partial charge in [0, 0.05) is 32.5 Å². The van der Waals surface area contributed by atoms with Crippen LogP contribution in [0.4, 0.5) is 13.2 Å². The topological polar surface area (TPSA) is 42.6 Å². The van der Waals surface area contributed by atoms with E-state index in [2.05, 4.69) is 16.1 Å². The van der Waals surface area contributed by atoms with Crippen molar-refractivity contribution in [3.63, 3.8) is 0 Å². The van der Waals surface area contributed by atoms with Crippen molar-refractivity contribution in [3.05, 3.63) is 0 Å². The molecule has 2 heterocycles. The van der Waals surface area contributed by atoms with E-state index in [1.807, 2.05) is 0 Å². The number of nitriles is 1. The number of likely N-dealkylation sites (tertiary alicyclic amines) is 1. The molecule has 1 fully saturated rings. The summed E-state index contributed by atoms with van der Waals surface area (Å²) >= 11 is 0. The van der Waals surface area contributed by atoms with E-state index in [4.69, 9.17) is 5.26 Å². The quantitative estimate of drug-likeness (QED) is 0.790. The van der Waals surface area contributed by atoms with Crippen LogP contribution in [-0.2, 0) is 0 Å². The van der Waals surface area contributed by atoms with Gasteiger partial charge in [-0.3, -0.25) is 5.01 Å². The molecule has 0 aromatic heterocycles. The molecule has 7 heteroatoms. The molecule has 2 aliphatic rings. The van der Waals surface area contributed by atoms with Crippen molar-refractivity contribution in [2.45, 2.75) is 44.4 Å². The predicted octanol–water partition coefficient (Wildman–Crippen LogP) is 1.99. The molecule has 0 amide bonds. The molecule has 0 saturated carbocycles. The lowest BCUT2D eigenvalue weighted by Crippen LogP contribution is -2.37. The Hall–Kier alpha value is -1.29. The maximum absolute atomic E-state index is 12.6. The van der Waals surface area contributed by atoms with E-state index >= 15 is 0 Å². The maximum atomic E-state index is 12.6. The standard InChI is InChI=1S/C12H17F3N4/c1-9-7-11(12(13,14)15)17-19(9)10-3-6-18(8-10)5-2-4-16/h9-10H,2-3,5-8H2,1H3. The van der Waals surface area contributed by atoms with Crippen LogP contribution >= 0.6 is 0 Å². The molecule has 2 unspecified atom stereocenters. The Bertz CT molecular complexity index is 399. The average molecular weight is 274 g/mol. The van der Waals surface area contributed by atoms with Gasteiger partial charge < -0.3 is 4.90 Å². The molecular formula is C12H17F3N4. The highest BCUT2D eigenvalue weighted by molar-refractivity contribution is 5.91. The fourth-order valence-electron chi connectivity index (χ4n) is 2.71. The van der Waals surface area contributed by atoms with E-state index < -0.39 is 11.9 Å². The van der Waals surface area contributed by atoms with E-state index in [-0.39, 0.29) is 18.5 Å². The molecule has 0 N–H and O–H groups in total. The summed E-state index contributed by atoms with van der Waals surface area (Å²) in [5, 5.41) is 13.9. The number of hydrogen-bond donors (Lipinski definition) is 0. The summed E-state index contributed by atoms with van der Waals surface area (Å²) in [5.74, 6) is 0. The first-order chi connectivity index (χ1) is 8.91. The van der Waals surface area contributed by atoms with Gasteiger partial charge in [-0.05, 0) is 13.3 Å². The largest absolute Gasteiger partial charge is 0.431 e. The van der Waals surface area contributed by atoms with E-state index in [0.29, 0.717) is 19.5 Å². The van der Waals surface area contributed by atoms with E-state index in [9.17, 15) is 13.2 Å². The Balaban J connectivity index is 1.96. The Morgan fingerprint density at radius 1 is 1.47 bits per heavy atom. The van der Waals surface area contributed by atoms with Crippen molar-refractivity contribution in [2.24, 2.45) is 5.10 Å². The zero-order valence-electron chi connectivity index (χ0n) is 10.8. The lowest BCUT2D eigenvalue weighted by atomic mass is 10.1. The number of nitrogens with zero attached hydrogens (tertiary/aromatic N) is 4. The molecule has 19 heavy (non-hydrogen) atoms. The molecule has 0 aromatic rings. The zero-order valence-corrected chi connectivity index (χ0v) is 10.8. The van der Waals surface area contributed by atoms with Crippen molar-refractivity contribution in [1.82, 2.24) is 9.91 Å². The molecule has 0 radical (unpaired) electrons. The summed E-state index contributed by atoms with van der Waals surface area (Å²) in [6, 6.07) is 1.92. The van der Waals surface area contributed by atoms with Gasteiger partial charge in [0.1, 0.15) is 5.71 Å². The van der Waals surface area contributed by atoms with Crippen LogP contribution in [0.2, 0.25) is 0 Å². The van der Waals surface area contributed by atoms with E-state index in [1.165, 1.54) is 0 Å². The minimum atomic E-state index is -4.32.